The van der Waals surface area contributed by atoms with E-state index >= 15 is 0 Å². The molecule has 0 amide bonds. The van der Waals surface area contributed by atoms with E-state index in [0.29, 0.717) is 17.5 Å². The molecule has 1 atom stereocenters. The highest BCUT2D eigenvalue weighted by atomic mass is 32.2. The summed E-state index contributed by atoms with van der Waals surface area (Å²) < 4.78 is 6.53. The fourth-order valence-corrected chi connectivity index (χ4v) is 5.42. The third-order valence-corrected chi connectivity index (χ3v) is 6.52. The van der Waals surface area contributed by atoms with Crippen molar-refractivity contribution in [3.05, 3.63) is 59.2 Å². The average molecular weight is 356 g/mol. The zero-order valence-electron chi connectivity index (χ0n) is 14.9. The Morgan fingerprint density at radius 1 is 1.08 bits per heavy atom. The molecule has 2 fully saturated rings. The van der Waals surface area contributed by atoms with Gasteiger partial charge < -0.3 is 4.74 Å². The first-order chi connectivity index (χ1) is 12.1. The number of likely N-dealkylation sites (tertiary alicyclic amines) is 1. The molecule has 2 saturated heterocycles. The lowest BCUT2D eigenvalue weighted by Gasteiger charge is -2.47. The smallest absolute Gasteiger partial charge is 0.0892 e. The van der Waals surface area contributed by atoms with Crippen molar-refractivity contribution in [3.8, 4) is 0 Å². The molecule has 5 heteroatoms. The van der Waals surface area contributed by atoms with Crippen molar-refractivity contribution in [2.45, 2.75) is 44.3 Å². The molecule has 0 saturated carbocycles. The molecular formula is C20H25N3OS. The number of ether oxygens (including phenoxy) is 1. The van der Waals surface area contributed by atoms with Gasteiger partial charge in [0, 0.05) is 41.5 Å². The Kier molecular flexibility index (Phi) is 4.80. The quantitative estimate of drug-likeness (QED) is 0.822. The molecule has 25 heavy (non-hydrogen) atoms. The highest BCUT2D eigenvalue weighted by molar-refractivity contribution is 8.01. The maximum absolute atomic E-state index is 6.13. The number of aryl methyl sites for hydroxylation is 2. The van der Waals surface area contributed by atoms with E-state index in [-0.39, 0.29) is 0 Å². The van der Waals surface area contributed by atoms with Crippen molar-refractivity contribution in [2.75, 3.05) is 18.8 Å². The summed E-state index contributed by atoms with van der Waals surface area (Å²) in [6.07, 6.45) is 1.51. The predicted molar refractivity (Wildman–Crippen MR) is 102 cm³/mol. The van der Waals surface area contributed by atoms with Crippen LogP contribution >= 0.6 is 11.8 Å². The van der Waals surface area contributed by atoms with Gasteiger partial charge in [0.2, 0.25) is 0 Å². The molecule has 0 aliphatic carbocycles. The van der Waals surface area contributed by atoms with Gasteiger partial charge in [0.05, 0.1) is 24.1 Å². The second-order valence-electron chi connectivity index (χ2n) is 7.32. The van der Waals surface area contributed by atoms with Crippen LogP contribution in [-0.2, 0) is 17.9 Å². The zero-order valence-corrected chi connectivity index (χ0v) is 15.8. The van der Waals surface area contributed by atoms with Crippen LogP contribution in [-0.4, -0.2) is 44.6 Å². The SMILES string of the molecule is Cc1cccc(CO[C@@H]2CSC3(C2)CN(Cc2cccc(C)n2)C3)n1. The fourth-order valence-electron chi connectivity index (χ4n) is 3.81. The summed E-state index contributed by atoms with van der Waals surface area (Å²) >= 11 is 2.09. The lowest BCUT2D eigenvalue weighted by molar-refractivity contribution is 0.0248. The lowest BCUT2D eigenvalue weighted by Crippen LogP contribution is -2.58. The van der Waals surface area contributed by atoms with Gasteiger partial charge in [-0.1, -0.05) is 12.1 Å². The molecule has 0 aromatic carbocycles. The Labute approximate surface area is 154 Å². The first-order valence-electron chi connectivity index (χ1n) is 8.93. The number of hydrogen-bond acceptors (Lipinski definition) is 5. The number of aromatic nitrogens is 2. The van der Waals surface area contributed by atoms with Crippen molar-refractivity contribution in [3.63, 3.8) is 0 Å². The summed E-state index contributed by atoms with van der Waals surface area (Å²) in [4.78, 5) is 11.6. The van der Waals surface area contributed by atoms with Crippen molar-refractivity contribution < 1.29 is 4.74 Å². The van der Waals surface area contributed by atoms with E-state index in [0.717, 1.165) is 48.9 Å². The van der Waals surface area contributed by atoms with Crippen LogP contribution in [0.2, 0.25) is 0 Å². The summed E-state index contributed by atoms with van der Waals surface area (Å²) in [6, 6.07) is 12.4. The molecule has 2 aliphatic rings. The monoisotopic (exact) mass is 355 g/mol. The molecule has 4 nitrogen and oxygen atoms in total. The van der Waals surface area contributed by atoms with Crippen LogP contribution < -0.4 is 0 Å². The largest absolute Gasteiger partial charge is 0.371 e. The maximum atomic E-state index is 6.13. The topological polar surface area (TPSA) is 38.2 Å². The fraction of sp³-hybridized carbons (Fsp3) is 0.500. The zero-order chi connectivity index (χ0) is 17.3. The number of pyridine rings is 2. The molecule has 0 bridgehead atoms. The van der Waals surface area contributed by atoms with Crippen LogP contribution in [0.1, 0.15) is 29.2 Å². The van der Waals surface area contributed by atoms with Gasteiger partial charge in [0.25, 0.3) is 0 Å². The third kappa shape index (κ3) is 4.05. The van der Waals surface area contributed by atoms with Crippen LogP contribution in [0.25, 0.3) is 0 Å². The number of rotatable bonds is 5. The first-order valence-corrected chi connectivity index (χ1v) is 9.92. The second-order valence-corrected chi connectivity index (χ2v) is 8.80. The molecule has 4 heterocycles. The second kappa shape index (κ2) is 7.06. The Hall–Kier alpha value is -1.43. The molecular weight excluding hydrogens is 330 g/mol. The van der Waals surface area contributed by atoms with E-state index in [1.165, 1.54) is 5.69 Å². The summed E-state index contributed by atoms with van der Waals surface area (Å²) in [7, 11) is 0. The van der Waals surface area contributed by atoms with E-state index in [9.17, 15) is 0 Å². The number of thioether (sulfide) groups is 1. The minimum absolute atomic E-state index is 0.353. The summed E-state index contributed by atoms with van der Waals surface area (Å²) in [5.41, 5.74) is 4.36. The highest BCUT2D eigenvalue weighted by Crippen LogP contribution is 2.46. The standard InChI is InChI=1S/C20H25N3OS/c1-15-5-3-7-17(21-15)10-23-13-20(14-23)9-19(12-25-20)24-11-18-8-4-6-16(2)22-18/h3-8,19H,9-14H2,1-2H3/t19-/m0/s1. The van der Waals surface area contributed by atoms with E-state index < -0.39 is 0 Å². The molecule has 0 N–H and O–H groups in total. The third-order valence-electron chi connectivity index (χ3n) is 4.94. The van der Waals surface area contributed by atoms with E-state index in [1.54, 1.807) is 0 Å². The van der Waals surface area contributed by atoms with Gasteiger partial charge in [-0.3, -0.25) is 14.9 Å². The minimum atomic E-state index is 0.353. The maximum Gasteiger partial charge on any atom is 0.0892 e. The van der Waals surface area contributed by atoms with Crippen LogP contribution in [0.3, 0.4) is 0 Å². The van der Waals surface area contributed by atoms with Gasteiger partial charge in [0.1, 0.15) is 0 Å². The lowest BCUT2D eigenvalue weighted by atomic mass is 9.93. The molecule has 4 rings (SSSR count). The number of hydrogen-bond donors (Lipinski definition) is 0. The van der Waals surface area contributed by atoms with Crippen molar-refractivity contribution in [2.24, 2.45) is 0 Å². The summed E-state index contributed by atoms with van der Waals surface area (Å²) in [5.74, 6) is 1.10. The summed E-state index contributed by atoms with van der Waals surface area (Å²) in [5, 5.41) is 0. The van der Waals surface area contributed by atoms with E-state index in [4.69, 9.17) is 4.74 Å². The van der Waals surface area contributed by atoms with E-state index in [1.807, 2.05) is 19.1 Å². The Morgan fingerprint density at radius 2 is 1.76 bits per heavy atom. The predicted octanol–water partition coefficient (Wildman–Crippen LogP) is 3.37. The highest BCUT2D eigenvalue weighted by Gasteiger charge is 2.49. The van der Waals surface area contributed by atoms with E-state index in [2.05, 4.69) is 57.8 Å². The molecule has 0 unspecified atom stereocenters. The molecule has 2 aromatic rings. The molecule has 2 aliphatic heterocycles. The van der Waals surface area contributed by atoms with Crippen LogP contribution in [0.4, 0.5) is 0 Å². The van der Waals surface area contributed by atoms with Crippen LogP contribution in [0.5, 0.6) is 0 Å². The molecule has 2 aromatic heterocycles. The molecule has 0 radical (unpaired) electrons. The Morgan fingerprint density at radius 3 is 2.48 bits per heavy atom. The average Bonchev–Trinajstić information content (AvgIpc) is 2.97. The molecule has 132 valence electrons. The summed E-state index contributed by atoms with van der Waals surface area (Å²) in [6.45, 7) is 7.96. The van der Waals surface area contributed by atoms with Crippen molar-refractivity contribution >= 4 is 11.8 Å². The van der Waals surface area contributed by atoms with Gasteiger partial charge in [-0.2, -0.15) is 0 Å². The van der Waals surface area contributed by atoms with Crippen molar-refractivity contribution in [1.29, 1.82) is 0 Å². The van der Waals surface area contributed by atoms with Gasteiger partial charge in [-0.25, -0.2) is 0 Å². The minimum Gasteiger partial charge on any atom is -0.371 e. The first kappa shape index (κ1) is 17.0. The molecule has 1 spiro atoms. The van der Waals surface area contributed by atoms with Gasteiger partial charge in [-0.15, -0.1) is 11.8 Å². The van der Waals surface area contributed by atoms with Gasteiger partial charge >= 0.3 is 0 Å². The van der Waals surface area contributed by atoms with Gasteiger partial charge in [-0.05, 0) is 44.5 Å². The van der Waals surface area contributed by atoms with Crippen LogP contribution in [0, 0.1) is 13.8 Å². The van der Waals surface area contributed by atoms with Crippen LogP contribution in [0.15, 0.2) is 36.4 Å². The van der Waals surface area contributed by atoms with Crippen molar-refractivity contribution in [1.82, 2.24) is 14.9 Å². The normalized spacial score (nSPS) is 22.2. The number of nitrogens with zero attached hydrogens (tertiary/aromatic N) is 3. The Balaban J connectivity index is 1.24. The Bertz CT molecular complexity index is 745. The van der Waals surface area contributed by atoms with Gasteiger partial charge in [0.15, 0.2) is 0 Å².